The number of anilines is 1. The molecule has 2 amide bonds. The smallest absolute Gasteiger partial charge is 0.407 e. The van der Waals surface area contributed by atoms with Crippen LogP contribution >= 0.6 is 23.2 Å². The predicted molar refractivity (Wildman–Crippen MR) is 160 cm³/mol. The van der Waals surface area contributed by atoms with Crippen molar-refractivity contribution in [2.45, 2.75) is 38.5 Å². The van der Waals surface area contributed by atoms with Gasteiger partial charge in [-0.05, 0) is 48.4 Å². The Morgan fingerprint density at radius 1 is 0.929 bits per heavy atom. The molecule has 0 aliphatic carbocycles. The van der Waals surface area contributed by atoms with E-state index in [2.05, 4.69) is 20.9 Å². The maximum Gasteiger partial charge on any atom is 0.407 e. The lowest BCUT2D eigenvalue weighted by atomic mass is 10.0. The highest BCUT2D eigenvalue weighted by molar-refractivity contribution is 6.34. The SMILES string of the molecule is CCOC(=O)CC(NC(=O)C(COCc1ccccc1)NC(=O)OCCc1cccc(NC)n1)c1cc(Cl)cc(Cl)c1. The van der Waals surface area contributed by atoms with Gasteiger partial charge in [-0.15, -0.1) is 0 Å². The zero-order valence-corrected chi connectivity index (χ0v) is 24.9. The summed E-state index contributed by atoms with van der Waals surface area (Å²) in [7, 11) is 1.76. The number of benzene rings is 2. The molecule has 0 radical (unpaired) electrons. The van der Waals surface area contributed by atoms with Crippen molar-refractivity contribution in [3.63, 3.8) is 0 Å². The van der Waals surface area contributed by atoms with Gasteiger partial charge in [-0.25, -0.2) is 9.78 Å². The molecule has 1 heterocycles. The number of halogens is 2. The molecule has 224 valence electrons. The first kappa shape index (κ1) is 32.7. The Morgan fingerprint density at radius 3 is 2.36 bits per heavy atom. The normalized spacial score (nSPS) is 12.1. The molecule has 10 nitrogen and oxygen atoms in total. The molecular formula is C30H34Cl2N4O6. The second-order valence-electron chi connectivity index (χ2n) is 9.12. The Morgan fingerprint density at radius 2 is 1.67 bits per heavy atom. The molecule has 42 heavy (non-hydrogen) atoms. The summed E-state index contributed by atoms with van der Waals surface area (Å²) < 4.78 is 16.2. The van der Waals surface area contributed by atoms with Gasteiger partial charge >= 0.3 is 12.1 Å². The van der Waals surface area contributed by atoms with Gasteiger partial charge in [0.15, 0.2) is 0 Å². The lowest BCUT2D eigenvalue weighted by Crippen LogP contribution is -2.50. The maximum atomic E-state index is 13.5. The maximum absolute atomic E-state index is 13.5. The molecule has 3 N–H and O–H groups in total. The number of nitrogens with one attached hydrogen (secondary N) is 3. The molecule has 2 unspecified atom stereocenters. The molecule has 0 fully saturated rings. The molecule has 3 aromatic rings. The first-order valence-electron chi connectivity index (χ1n) is 13.4. The van der Waals surface area contributed by atoms with E-state index in [4.69, 9.17) is 37.4 Å². The van der Waals surface area contributed by atoms with Crippen LogP contribution < -0.4 is 16.0 Å². The van der Waals surface area contributed by atoms with Crippen LogP contribution in [-0.4, -0.2) is 55.9 Å². The highest BCUT2D eigenvalue weighted by Gasteiger charge is 2.27. The Labute approximate surface area is 255 Å². The van der Waals surface area contributed by atoms with Crippen molar-refractivity contribution >= 4 is 47.0 Å². The summed E-state index contributed by atoms with van der Waals surface area (Å²) in [6, 6.07) is 17.6. The molecule has 2 atom stereocenters. The van der Waals surface area contributed by atoms with Crippen molar-refractivity contribution in [2.75, 3.05) is 32.2 Å². The number of hydrogen-bond acceptors (Lipinski definition) is 8. The van der Waals surface area contributed by atoms with Gasteiger partial charge < -0.3 is 30.2 Å². The van der Waals surface area contributed by atoms with E-state index in [9.17, 15) is 14.4 Å². The summed E-state index contributed by atoms with van der Waals surface area (Å²) in [6.45, 7) is 1.95. The number of alkyl carbamates (subject to hydrolysis) is 1. The molecule has 1 aromatic heterocycles. The fourth-order valence-corrected chi connectivity index (χ4v) is 4.47. The molecule has 0 spiro atoms. The molecular weight excluding hydrogens is 583 g/mol. The van der Waals surface area contributed by atoms with Crippen molar-refractivity contribution in [1.82, 2.24) is 15.6 Å². The van der Waals surface area contributed by atoms with Gasteiger partial charge in [-0.1, -0.05) is 59.6 Å². The molecule has 2 aromatic carbocycles. The van der Waals surface area contributed by atoms with Crippen molar-refractivity contribution in [1.29, 1.82) is 0 Å². The van der Waals surface area contributed by atoms with Crippen LogP contribution in [0.25, 0.3) is 0 Å². The Kier molecular flexibility index (Phi) is 13.4. The number of pyridine rings is 1. The predicted octanol–water partition coefficient (Wildman–Crippen LogP) is 5.09. The number of ether oxygens (including phenoxy) is 3. The van der Waals surface area contributed by atoms with Gasteiger partial charge in [0.25, 0.3) is 0 Å². The van der Waals surface area contributed by atoms with Crippen molar-refractivity contribution < 1.29 is 28.6 Å². The topological polar surface area (TPSA) is 128 Å². The Balaban J connectivity index is 1.70. The number of carbonyl (C=O) groups is 3. The molecule has 0 saturated heterocycles. The van der Waals surface area contributed by atoms with Crippen LogP contribution in [-0.2, 0) is 36.8 Å². The van der Waals surface area contributed by atoms with Gasteiger partial charge in [0.2, 0.25) is 5.91 Å². The van der Waals surface area contributed by atoms with Crippen LogP contribution in [0.1, 0.15) is 36.2 Å². The number of hydrogen-bond donors (Lipinski definition) is 3. The largest absolute Gasteiger partial charge is 0.466 e. The minimum atomic E-state index is -1.15. The highest BCUT2D eigenvalue weighted by Crippen LogP contribution is 2.26. The summed E-state index contributed by atoms with van der Waals surface area (Å²) in [5.41, 5.74) is 2.12. The van der Waals surface area contributed by atoms with E-state index >= 15 is 0 Å². The summed E-state index contributed by atoms with van der Waals surface area (Å²) in [5.74, 6) is -0.435. The van der Waals surface area contributed by atoms with Crippen LogP contribution in [0.15, 0.2) is 66.7 Å². The van der Waals surface area contributed by atoms with E-state index in [0.717, 1.165) is 11.3 Å². The lowest BCUT2D eigenvalue weighted by Gasteiger charge is -2.24. The first-order valence-corrected chi connectivity index (χ1v) is 14.1. The first-order chi connectivity index (χ1) is 20.3. The molecule has 0 aliphatic rings. The minimum Gasteiger partial charge on any atom is -0.466 e. The van der Waals surface area contributed by atoms with Crippen molar-refractivity contribution in [2.24, 2.45) is 0 Å². The van der Waals surface area contributed by atoms with E-state index in [1.165, 1.54) is 6.07 Å². The van der Waals surface area contributed by atoms with Gasteiger partial charge in [0.05, 0.1) is 38.9 Å². The lowest BCUT2D eigenvalue weighted by molar-refractivity contribution is -0.143. The van der Waals surface area contributed by atoms with Crippen LogP contribution in [0.3, 0.4) is 0 Å². The number of nitrogens with zero attached hydrogens (tertiary/aromatic N) is 1. The summed E-state index contributed by atoms with van der Waals surface area (Å²) in [5, 5.41) is 8.99. The van der Waals surface area contributed by atoms with Crippen LogP contribution in [0.5, 0.6) is 0 Å². The second kappa shape index (κ2) is 17.2. The minimum absolute atomic E-state index is 0.0394. The summed E-state index contributed by atoms with van der Waals surface area (Å²) in [6.07, 6.45) is -0.616. The third-order valence-corrected chi connectivity index (χ3v) is 6.38. The van der Waals surface area contributed by atoms with E-state index in [1.54, 1.807) is 26.1 Å². The molecule has 3 rings (SSSR count). The monoisotopic (exact) mass is 616 g/mol. The number of amides is 2. The second-order valence-corrected chi connectivity index (χ2v) is 9.99. The average molecular weight is 618 g/mol. The van der Waals surface area contributed by atoms with Crippen molar-refractivity contribution in [3.8, 4) is 0 Å². The van der Waals surface area contributed by atoms with E-state index < -0.39 is 30.1 Å². The third kappa shape index (κ3) is 11.2. The molecule has 0 aliphatic heterocycles. The third-order valence-electron chi connectivity index (χ3n) is 5.94. The Bertz CT molecular complexity index is 1310. The quantitative estimate of drug-likeness (QED) is 0.201. The van der Waals surface area contributed by atoms with Crippen LogP contribution in [0, 0.1) is 0 Å². The molecule has 0 saturated carbocycles. The van der Waals surface area contributed by atoms with Gasteiger partial charge in [0.1, 0.15) is 11.9 Å². The van der Waals surface area contributed by atoms with E-state index in [1.807, 2.05) is 48.5 Å². The van der Waals surface area contributed by atoms with Gasteiger partial charge in [0, 0.05) is 29.2 Å². The number of aromatic nitrogens is 1. The fraction of sp³-hybridized carbons (Fsp3) is 0.333. The standard InChI is InChI=1S/C30H34Cl2N4O6/c1-3-41-28(37)17-25(21-14-22(31)16-23(32)15-21)35-29(38)26(19-40-18-20-8-5-4-6-9-20)36-30(39)42-13-12-24-10-7-11-27(33-2)34-24/h4-11,14-16,25-26H,3,12-13,17-19H2,1-2H3,(H,33,34)(H,35,38)(H,36,39). The molecule has 12 heteroatoms. The van der Waals surface area contributed by atoms with Crippen molar-refractivity contribution in [3.05, 3.63) is 93.6 Å². The summed E-state index contributed by atoms with van der Waals surface area (Å²) >= 11 is 12.4. The average Bonchev–Trinajstić information content (AvgIpc) is 2.96. The number of rotatable bonds is 15. The summed E-state index contributed by atoms with van der Waals surface area (Å²) in [4.78, 5) is 42.9. The van der Waals surface area contributed by atoms with Crippen LogP contribution in [0.2, 0.25) is 10.0 Å². The fourth-order valence-electron chi connectivity index (χ4n) is 3.93. The Hall–Kier alpha value is -3.86. The highest BCUT2D eigenvalue weighted by atomic mass is 35.5. The number of carbonyl (C=O) groups excluding carboxylic acids is 3. The van der Waals surface area contributed by atoms with Gasteiger partial charge in [-0.3, -0.25) is 9.59 Å². The molecule has 0 bridgehead atoms. The number of esters is 1. The van der Waals surface area contributed by atoms with E-state index in [-0.39, 0.29) is 32.8 Å². The van der Waals surface area contributed by atoms with Gasteiger partial charge in [-0.2, -0.15) is 0 Å². The zero-order valence-electron chi connectivity index (χ0n) is 23.4. The van der Waals surface area contributed by atoms with Crippen LogP contribution in [0.4, 0.5) is 10.6 Å². The zero-order chi connectivity index (χ0) is 30.3. The van der Waals surface area contributed by atoms with E-state index in [0.29, 0.717) is 27.8 Å².